The fourth-order valence-corrected chi connectivity index (χ4v) is 2.45. The molecule has 2 rings (SSSR count). The van der Waals surface area contributed by atoms with Gasteiger partial charge >= 0.3 is 0 Å². The van der Waals surface area contributed by atoms with Gasteiger partial charge in [0.2, 0.25) is 5.96 Å². The summed E-state index contributed by atoms with van der Waals surface area (Å²) in [7, 11) is 2.01. The van der Waals surface area contributed by atoms with Crippen molar-refractivity contribution in [3.8, 4) is 0 Å². The molecule has 6 heteroatoms. The van der Waals surface area contributed by atoms with Gasteiger partial charge in [-0.3, -0.25) is 10.3 Å². The second-order valence-electron chi connectivity index (χ2n) is 4.20. The minimum atomic E-state index is 0.0359. The van der Waals surface area contributed by atoms with Crippen molar-refractivity contribution in [2.24, 2.45) is 9.98 Å². The third kappa shape index (κ3) is 2.81. The summed E-state index contributed by atoms with van der Waals surface area (Å²) in [5.41, 5.74) is 1.15. The Morgan fingerprint density at radius 1 is 1.56 bits per heavy atom. The first-order chi connectivity index (χ1) is 8.60. The van der Waals surface area contributed by atoms with Crippen LogP contribution < -0.4 is 15.5 Å². The van der Waals surface area contributed by atoms with E-state index in [4.69, 9.17) is 0 Å². The molecule has 1 aromatic rings. The summed E-state index contributed by atoms with van der Waals surface area (Å²) >= 11 is 1.74. The highest BCUT2D eigenvalue weighted by Gasteiger charge is 2.18. The van der Waals surface area contributed by atoms with Crippen LogP contribution in [0.1, 0.15) is 18.7 Å². The van der Waals surface area contributed by atoms with E-state index in [-0.39, 0.29) is 6.17 Å². The zero-order valence-corrected chi connectivity index (χ0v) is 12.0. The number of hydrogen-bond acceptors (Lipinski definition) is 4. The van der Waals surface area contributed by atoms with Crippen molar-refractivity contribution in [3.63, 3.8) is 0 Å². The predicted molar refractivity (Wildman–Crippen MR) is 78.6 cm³/mol. The Morgan fingerprint density at radius 2 is 2.33 bits per heavy atom. The quantitative estimate of drug-likeness (QED) is 0.857. The number of anilines is 1. The van der Waals surface area contributed by atoms with Gasteiger partial charge in [-0.15, -0.1) is 11.3 Å². The molecule has 0 radical (unpaired) electrons. The van der Waals surface area contributed by atoms with Crippen LogP contribution in [-0.4, -0.2) is 31.7 Å². The van der Waals surface area contributed by atoms with Gasteiger partial charge in [-0.2, -0.15) is 0 Å². The Labute approximate surface area is 112 Å². The molecular formula is C12H19N5S. The van der Waals surface area contributed by atoms with Crippen molar-refractivity contribution >= 4 is 28.9 Å². The van der Waals surface area contributed by atoms with Crippen molar-refractivity contribution in [1.82, 2.24) is 10.6 Å². The summed E-state index contributed by atoms with van der Waals surface area (Å²) in [5, 5.41) is 8.53. The third-order valence-electron chi connectivity index (χ3n) is 2.63. The lowest BCUT2D eigenvalue weighted by Gasteiger charge is -2.28. The smallest absolute Gasteiger partial charge is 0.207 e. The number of guanidine groups is 2. The molecule has 1 aromatic heterocycles. The molecule has 5 nitrogen and oxygen atoms in total. The van der Waals surface area contributed by atoms with E-state index in [2.05, 4.69) is 39.0 Å². The summed E-state index contributed by atoms with van der Waals surface area (Å²) in [6.07, 6.45) is 0.0359. The van der Waals surface area contributed by atoms with E-state index in [9.17, 15) is 0 Å². The molecule has 2 heterocycles. The molecule has 0 fully saturated rings. The van der Waals surface area contributed by atoms with Crippen LogP contribution in [0.5, 0.6) is 0 Å². The van der Waals surface area contributed by atoms with Crippen LogP contribution in [0.2, 0.25) is 0 Å². The molecule has 0 aromatic carbocycles. The summed E-state index contributed by atoms with van der Waals surface area (Å²) in [4.78, 5) is 12.2. The van der Waals surface area contributed by atoms with Gasteiger partial charge in [0.25, 0.3) is 0 Å². The molecular weight excluding hydrogens is 246 g/mol. The highest BCUT2D eigenvalue weighted by atomic mass is 32.1. The Bertz CT molecular complexity index is 477. The molecule has 2 N–H and O–H groups in total. The van der Waals surface area contributed by atoms with Gasteiger partial charge in [0, 0.05) is 23.8 Å². The van der Waals surface area contributed by atoms with Crippen LogP contribution in [0.4, 0.5) is 5.69 Å². The highest BCUT2D eigenvalue weighted by molar-refractivity contribution is 7.10. The van der Waals surface area contributed by atoms with Crippen molar-refractivity contribution < 1.29 is 0 Å². The lowest BCUT2D eigenvalue weighted by Crippen LogP contribution is -2.54. The van der Waals surface area contributed by atoms with Gasteiger partial charge < -0.3 is 10.2 Å². The molecule has 1 aliphatic rings. The topological polar surface area (TPSA) is 52.0 Å². The average Bonchev–Trinajstić information content (AvgIpc) is 2.74. The van der Waals surface area contributed by atoms with E-state index >= 15 is 0 Å². The largest absolute Gasteiger partial charge is 0.334 e. The van der Waals surface area contributed by atoms with Gasteiger partial charge in [0.1, 0.15) is 6.17 Å². The van der Waals surface area contributed by atoms with E-state index in [1.165, 1.54) is 4.88 Å². The molecule has 0 amide bonds. The zero-order chi connectivity index (χ0) is 13.1. The first-order valence-corrected chi connectivity index (χ1v) is 6.92. The Morgan fingerprint density at radius 3 is 2.94 bits per heavy atom. The van der Waals surface area contributed by atoms with E-state index in [0.717, 1.165) is 24.2 Å². The second-order valence-corrected chi connectivity index (χ2v) is 5.31. The lowest BCUT2D eigenvalue weighted by molar-refractivity contribution is 0.662. The van der Waals surface area contributed by atoms with Crippen molar-refractivity contribution in [2.45, 2.75) is 26.9 Å². The fraction of sp³-hybridized carbons (Fsp3) is 0.500. The van der Waals surface area contributed by atoms with E-state index in [1.54, 1.807) is 11.3 Å². The summed E-state index contributed by atoms with van der Waals surface area (Å²) in [5.74, 6) is 1.61. The first-order valence-electron chi connectivity index (χ1n) is 6.05. The maximum Gasteiger partial charge on any atom is 0.207 e. The molecule has 0 saturated carbocycles. The number of nitrogens with zero attached hydrogens (tertiary/aromatic N) is 3. The van der Waals surface area contributed by atoms with Crippen molar-refractivity contribution in [2.75, 3.05) is 18.5 Å². The van der Waals surface area contributed by atoms with Gasteiger partial charge in [-0.1, -0.05) is 0 Å². The predicted octanol–water partition coefficient (Wildman–Crippen LogP) is 1.76. The number of rotatable bonds is 2. The Hall–Kier alpha value is -1.56. The molecule has 98 valence electrons. The van der Waals surface area contributed by atoms with Crippen LogP contribution in [-0.2, 0) is 0 Å². The molecule has 1 atom stereocenters. The average molecular weight is 265 g/mol. The number of aliphatic imine (C=N–C) groups is 2. The minimum Gasteiger partial charge on any atom is -0.334 e. The van der Waals surface area contributed by atoms with E-state index < -0.39 is 0 Å². The monoisotopic (exact) mass is 265 g/mol. The first kappa shape index (κ1) is 12.9. The molecule has 1 aliphatic heterocycles. The van der Waals surface area contributed by atoms with Gasteiger partial charge in [-0.05, 0) is 26.8 Å². The minimum absolute atomic E-state index is 0.0359. The number of nitrogens with one attached hydrogen (secondary N) is 2. The summed E-state index contributed by atoms with van der Waals surface area (Å²) in [6, 6.07) is 2.15. The highest BCUT2D eigenvalue weighted by Crippen LogP contribution is 2.21. The van der Waals surface area contributed by atoms with Gasteiger partial charge in [-0.25, -0.2) is 4.99 Å². The Balaban J connectivity index is 2.19. The molecule has 1 unspecified atom stereocenters. The number of aryl methyl sites for hydroxylation is 1. The molecule has 0 saturated heterocycles. The van der Waals surface area contributed by atoms with Crippen LogP contribution in [0, 0.1) is 6.92 Å². The summed E-state index contributed by atoms with van der Waals surface area (Å²) < 4.78 is 0. The van der Waals surface area contributed by atoms with E-state index in [0.29, 0.717) is 0 Å². The maximum atomic E-state index is 4.54. The van der Waals surface area contributed by atoms with E-state index in [1.807, 2.05) is 25.8 Å². The van der Waals surface area contributed by atoms with Crippen LogP contribution in [0.25, 0.3) is 0 Å². The normalized spacial score (nSPS) is 21.2. The van der Waals surface area contributed by atoms with Crippen LogP contribution in [0.15, 0.2) is 21.4 Å². The van der Waals surface area contributed by atoms with Crippen molar-refractivity contribution in [3.05, 3.63) is 16.3 Å². The lowest BCUT2D eigenvalue weighted by atomic mass is 10.4. The molecule has 18 heavy (non-hydrogen) atoms. The van der Waals surface area contributed by atoms with Crippen LogP contribution >= 0.6 is 11.3 Å². The summed E-state index contributed by atoms with van der Waals surface area (Å²) in [6.45, 7) is 6.87. The Kier molecular flexibility index (Phi) is 3.86. The SMILES string of the molecule is CCN=C1NC(N(C)c2csc(C)c2)=NC(C)N1. The molecule has 0 spiro atoms. The standard InChI is InChI=1S/C12H19N5S/c1-5-13-11-14-9(3)15-12(16-11)17(4)10-6-8(2)18-7-10/h6-7,9H,5H2,1-4H3,(H2,13,14,15,16). The fourth-order valence-electron chi connectivity index (χ4n) is 1.73. The maximum absolute atomic E-state index is 4.54. The zero-order valence-electron chi connectivity index (χ0n) is 11.2. The van der Waals surface area contributed by atoms with Gasteiger partial charge in [0.05, 0.1) is 5.69 Å². The number of hydrogen-bond donors (Lipinski definition) is 2. The van der Waals surface area contributed by atoms with Crippen molar-refractivity contribution in [1.29, 1.82) is 0 Å². The molecule has 0 aliphatic carbocycles. The second kappa shape index (κ2) is 5.39. The third-order valence-corrected chi connectivity index (χ3v) is 3.48. The van der Waals surface area contributed by atoms with Crippen LogP contribution in [0.3, 0.4) is 0 Å². The van der Waals surface area contributed by atoms with Gasteiger partial charge in [0.15, 0.2) is 5.96 Å². The molecule has 0 bridgehead atoms. The number of thiophene rings is 1.